The van der Waals surface area contributed by atoms with Gasteiger partial charge in [0.15, 0.2) is 0 Å². The van der Waals surface area contributed by atoms with Gasteiger partial charge < -0.3 is 10.1 Å². The predicted octanol–water partition coefficient (Wildman–Crippen LogP) is 3.04. The van der Waals surface area contributed by atoms with Crippen LogP contribution in [0.3, 0.4) is 0 Å². The lowest BCUT2D eigenvalue weighted by molar-refractivity contribution is 0.0936. The standard InChI is InChI=1S/C18H17NO2/c20-18(14-6-8-17-13(11-14)9-10-21-17)19-16-7-5-12-3-1-2-4-15(12)16/h1-4,6,8,11,16H,5,7,9-10H2,(H,19,20). The maximum Gasteiger partial charge on any atom is 0.251 e. The smallest absolute Gasteiger partial charge is 0.251 e. The Bertz CT molecular complexity index is 708. The molecule has 2 aromatic rings. The molecule has 1 unspecified atom stereocenters. The zero-order valence-electron chi connectivity index (χ0n) is 11.8. The first-order valence-electron chi connectivity index (χ1n) is 7.46. The molecular formula is C18H17NO2. The van der Waals surface area contributed by atoms with E-state index in [2.05, 4.69) is 23.5 Å². The Balaban J connectivity index is 1.54. The van der Waals surface area contributed by atoms with E-state index in [0.717, 1.165) is 42.7 Å². The lowest BCUT2D eigenvalue weighted by Gasteiger charge is -2.14. The van der Waals surface area contributed by atoms with Crippen molar-refractivity contribution in [2.75, 3.05) is 6.61 Å². The molecule has 0 aromatic heterocycles. The molecule has 0 radical (unpaired) electrons. The molecule has 3 nitrogen and oxygen atoms in total. The number of rotatable bonds is 2. The summed E-state index contributed by atoms with van der Waals surface area (Å²) in [6.45, 7) is 0.719. The first-order chi connectivity index (χ1) is 10.3. The van der Waals surface area contributed by atoms with Gasteiger partial charge in [0.25, 0.3) is 5.91 Å². The van der Waals surface area contributed by atoms with E-state index in [1.54, 1.807) is 0 Å². The highest BCUT2D eigenvalue weighted by Crippen LogP contribution is 2.31. The summed E-state index contributed by atoms with van der Waals surface area (Å²) < 4.78 is 5.48. The summed E-state index contributed by atoms with van der Waals surface area (Å²) in [5.74, 6) is 0.921. The Labute approximate surface area is 123 Å². The van der Waals surface area contributed by atoms with Gasteiger partial charge in [-0.05, 0) is 47.7 Å². The van der Waals surface area contributed by atoms with E-state index in [-0.39, 0.29) is 11.9 Å². The Morgan fingerprint density at radius 1 is 1.10 bits per heavy atom. The lowest BCUT2D eigenvalue weighted by Crippen LogP contribution is -2.27. The number of amides is 1. The van der Waals surface area contributed by atoms with Crippen LogP contribution in [-0.4, -0.2) is 12.5 Å². The van der Waals surface area contributed by atoms with E-state index < -0.39 is 0 Å². The van der Waals surface area contributed by atoms with Crippen molar-refractivity contribution in [1.82, 2.24) is 5.32 Å². The SMILES string of the molecule is O=C(NC1CCc2ccccc21)c1ccc2c(c1)CCO2. The monoisotopic (exact) mass is 279 g/mol. The molecule has 1 aliphatic carbocycles. The van der Waals surface area contributed by atoms with Crippen LogP contribution in [0.2, 0.25) is 0 Å². The Kier molecular flexibility index (Phi) is 2.92. The highest BCUT2D eigenvalue weighted by Gasteiger charge is 2.24. The molecule has 1 atom stereocenters. The van der Waals surface area contributed by atoms with E-state index in [1.807, 2.05) is 24.3 Å². The summed E-state index contributed by atoms with van der Waals surface area (Å²) in [4.78, 5) is 12.5. The van der Waals surface area contributed by atoms with Crippen molar-refractivity contribution in [3.05, 3.63) is 64.7 Å². The van der Waals surface area contributed by atoms with Crippen molar-refractivity contribution in [2.45, 2.75) is 25.3 Å². The number of hydrogen-bond donors (Lipinski definition) is 1. The van der Waals surface area contributed by atoms with Crippen LogP contribution in [0.4, 0.5) is 0 Å². The number of benzene rings is 2. The molecule has 0 fully saturated rings. The van der Waals surface area contributed by atoms with Crippen molar-refractivity contribution < 1.29 is 9.53 Å². The number of ether oxygens (including phenoxy) is 1. The molecule has 4 rings (SSSR count). The van der Waals surface area contributed by atoms with Crippen molar-refractivity contribution >= 4 is 5.91 Å². The van der Waals surface area contributed by atoms with Crippen molar-refractivity contribution in [3.8, 4) is 5.75 Å². The summed E-state index contributed by atoms with van der Waals surface area (Å²) in [5, 5.41) is 3.16. The van der Waals surface area contributed by atoms with E-state index >= 15 is 0 Å². The van der Waals surface area contributed by atoms with Gasteiger partial charge in [-0.15, -0.1) is 0 Å². The first kappa shape index (κ1) is 12.5. The minimum absolute atomic E-state index is 0.00593. The van der Waals surface area contributed by atoms with Gasteiger partial charge in [-0.2, -0.15) is 0 Å². The molecule has 1 amide bonds. The Morgan fingerprint density at radius 3 is 2.95 bits per heavy atom. The normalized spacial score (nSPS) is 18.8. The summed E-state index contributed by atoms with van der Waals surface area (Å²) >= 11 is 0. The predicted molar refractivity (Wildman–Crippen MR) is 80.6 cm³/mol. The Hall–Kier alpha value is -2.29. The number of fused-ring (bicyclic) bond motifs is 2. The molecule has 0 saturated carbocycles. The van der Waals surface area contributed by atoms with E-state index in [1.165, 1.54) is 11.1 Å². The van der Waals surface area contributed by atoms with E-state index in [0.29, 0.717) is 0 Å². The van der Waals surface area contributed by atoms with Crippen LogP contribution in [0.25, 0.3) is 0 Å². The second-order valence-electron chi connectivity index (χ2n) is 5.68. The van der Waals surface area contributed by atoms with E-state index in [4.69, 9.17) is 4.74 Å². The van der Waals surface area contributed by atoms with Gasteiger partial charge >= 0.3 is 0 Å². The van der Waals surface area contributed by atoms with Crippen molar-refractivity contribution in [3.63, 3.8) is 0 Å². The number of hydrogen-bond acceptors (Lipinski definition) is 2. The maximum absolute atomic E-state index is 12.5. The van der Waals surface area contributed by atoms with Gasteiger partial charge in [0.05, 0.1) is 12.6 Å². The molecular weight excluding hydrogens is 262 g/mol. The largest absolute Gasteiger partial charge is 0.493 e. The van der Waals surface area contributed by atoms with Crippen LogP contribution < -0.4 is 10.1 Å². The Morgan fingerprint density at radius 2 is 2.00 bits per heavy atom. The minimum Gasteiger partial charge on any atom is -0.493 e. The third-order valence-electron chi connectivity index (χ3n) is 4.39. The van der Waals surface area contributed by atoms with E-state index in [9.17, 15) is 4.79 Å². The fraction of sp³-hybridized carbons (Fsp3) is 0.278. The van der Waals surface area contributed by atoms with Gasteiger partial charge in [0.1, 0.15) is 5.75 Å². The number of nitrogens with one attached hydrogen (secondary N) is 1. The first-order valence-corrected chi connectivity index (χ1v) is 7.46. The zero-order chi connectivity index (χ0) is 14.2. The highest BCUT2D eigenvalue weighted by atomic mass is 16.5. The second-order valence-corrected chi connectivity index (χ2v) is 5.68. The summed E-state index contributed by atoms with van der Waals surface area (Å²) in [6, 6.07) is 14.2. The summed E-state index contributed by atoms with van der Waals surface area (Å²) in [5.41, 5.74) is 4.47. The minimum atomic E-state index is 0.00593. The quantitative estimate of drug-likeness (QED) is 0.917. The molecule has 3 heteroatoms. The molecule has 1 N–H and O–H groups in total. The number of carbonyl (C=O) groups excluding carboxylic acids is 1. The number of carbonyl (C=O) groups is 1. The lowest BCUT2D eigenvalue weighted by atomic mass is 10.1. The van der Waals surface area contributed by atoms with Gasteiger partial charge in [-0.1, -0.05) is 24.3 Å². The van der Waals surface area contributed by atoms with Crippen LogP contribution in [0.5, 0.6) is 5.75 Å². The van der Waals surface area contributed by atoms with Gasteiger partial charge in [0.2, 0.25) is 0 Å². The highest BCUT2D eigenvalue weighted by molar-refractivity contribution is 5.95. The average Bonchev–Trinajstić information content (AvgIpc) is 3.13. The fourth-order valence-electron chi connectivity index (χ4n) is 3.28. The van der Waals surface area contributed by atoms with Crippen molar-refractivity contribution in [2.24, 2.45) is 0 Å². The van der Waals surface area contributed by atoms with Crippen LogP contribution in [-0.2, 0) is 12.8 Å². The maximum atomic E-state index is 12.5. The third-order valence-corrected chi connectivity index (χ3v) is 4.39. The summed E-state index contributed by atoms with van der Waals surface area (Å²) in [7, 11) is 0. The topological polar surface area (TPSA) is 38.3 Å². The van der Waals surface area contributed by atoms with Gasteiger partial charge in [-0.25, -0.2) is 0 Å². The van der Waals surface area contributed by atoms with Crippen LogP contribution in [0, 0.1) is 0 Å². The second kappa shape index (κ2) is 4.92. The summed E-state index contributed by atoms with van der Waals surface area (Å²) in [6.07, 6.45) is 2.92. The van der Waals surface area contributed by atoms with Gasteiger partial charge in [0, 0.05) is 12.0 Å². The molecule has 2 aromatic carbocycles. The molecule has 1 aliphatic heterocycles. The van der Waals surface area contributed by atoms with Crippen molar-refractivity contribution in [1.29, 1.82) is 0 Å². The molecule has 0 saturated heterocycles. The zero-order valence-corrected chi connectivity index (χ0v) is 11.8. The molecule has 106 valence electrons. The molecule has 0 spiro atoms. The van der Waals surface area contributed by atoms with Crippen LogP contribution >= 0.6 is 0 Å². The molecule has 0 bridgehead atoms. The van der Waals surface area contributed by atoms with Crippen LogP contribution in [0.15, 0.2) is 42.5 Å². The molecule has 2 aliphatic rings. The average molecular weight is 279 g/mol. The third kappa shape index (κ3) is 2.19. The molecule has 21 heavy (non-hydrogen) atoms. The molecule has 1 heterocycles. The fourth-order valence-corrected chi connectivity index (χ4v) is 3.28. The van der Waals surface area contributed by atoms with Crippen LogP contribution in [0.1, 0.15) is 39.5 Å². The van der Waals surface area contributed by atoms with Gasteiger partial charge in [-0.3, -0.25) is 4.79 Å². The number of aryl methyl sites for hydroxylation is 1.